The predicted octanol–water partition coefficient (Wildman–Crippen LogP) is 15.1. The van der Waals surface area contributed by atoms with Crippen LogP contribution in [0.3, 0.4) is 0 Å². The highest BCUT2D eigenvalue weighted by atomic mass is 14.7. The van der Waals surface area contributed by atoms with E-state index in [0.29, 0.717) is 0 Å². The van der Waals surface area contributed by atoms with Crippen molar-refractivity contribution in [3.8, 4) is 78.0 Å². The van der Waals surface area contributed by atoms with E-state index in [0.717, 1.165) is 5.69 Å². The summed E-state index contributed by atoms with van der Waals surface area (Å²) in [6.07, 6.45) is 1.92. The highest BCUT2D eigenvalue weighted by molar-refractivity contribution is 6.31. The van der Waals surface area contributed by atoms with E-state index < -0.39 is 0 Å². The van der Waals surface area contributed by atoms with E-state index in [2.05, 4.69) is 182 Å². The van der Waals surface area contributed by atoms with Crippen molar-refractivity contribution in [1.82, 2.24) is 4.98 Å². The summed E-state index contributed by atoms with van der Waals surface area (Å²) in [6.45, 7) is 0. The lowest BCUT2D eigenvalue weighted by Crippen LogP contribution is -1.93. The Bertz CT molecular complexity index is 3410. The van der Waals surface area contributed by atoms with Crippen molar-refractivity contribution in [1.29, 1.82) is 0 Å². The molecule has 0 saturated carbocycles. The Labute approximate surface area is 323 Å². The van der Waals surface area contributed by atoms with E-state index in [1.807, 2.05) is 6.20 Å². The van der Waals surface area contributed by atoms with Gasteiger partial charge in [-0.15, -0.1) is 0 Å². The Morgan fingerprint density at radius 1 is 0.250 bits per heavy atom. The van der Waals surface area contributed by atoms with Crippen LogP contribution >= 0.6 is 0 Å². The van der Waals surface area contributed by atoms with E-state index in [1.165, 1.54) is 126 Å². The third-order valence-electron chi connectivity index (χ3n) is 12.6. The number of aromatic nitrogens is 1. The van der Waals surface area contributed by atoms with Gasteiger partial charge in [0.25, 0.3) is 0 Å². The molecule has 13 rings (SSSR count). The first-order valence-electron chi connectivity index (χ1n) is 19.5. The Hall–Kier alpha value is -7.35. The molecule has 0 amide bonds. The van der Waals surface area contributed by atoms with Crippen LogP contribution in [0, 0.1) is 0 Å². The Kier molecular flexibility index (Phi) is 5.95. The maximum atomic E-state index is 4.89. The molecule has 0 bridgehead atoms. The van der Waals surface area contributed by atoms with Gasteiger partial charge in [0.15, 0.2) is 0 Å². The number of hydrogen-bond acceptors (Lipinski definition) is 1. The first-order valence-corrected chi connectivity index (χ1v) is 19.5. The molecule has 0 radical (unpaired) electrons. The van der Waals surface area contributed by atoms with Gasteiger partial charge in [-0.25, -0.2) is 0 Å². The molecule has 10 aromatic carbocycles. The zero-order chi connectivity index (χ0) is 36.5. The first kappa shape index (κ1) is 30.0. The molecule has 11 aromatic rings. The monoisotopic (exact) mass is 705 g/mol. The summed E-state index contributed by atoms with van der Waals surface area (Å²) in [6, 6.07) is 67.7. The quantitative estimate of drug-likeness (QED) is 0.167. The van der Waals surface area contributed by atoms with Crippen LogP contribution in [0.15, 0.2) is 188 Å². The van der Waals surface area contributed by atoms with Gasteiger partial charge in [-0.1, -0.05) is 164 Å². The van der Waals surface area contributed by atoms with Gasteiger partial charge in [0, 0.05) is 17.3 Å². The molecule has 2 aliphatic carbocycles. The summed E-state index contributed by atoms with van der Waals surface area (Å²) in [5, 5.41) is 12.8. The van der Waals surface area contributed by atoms with Crippen molar-refractivity contribution in [3.05, 3.63) is 188 Å². The van der Waals surface area contributed by atoms with Crippen LogP contribution in [0.5, 0.6) is 0 Å². The molecule has 0 unspecified atom stereocenters. The molecule has 1 heteroatoms. The number of fused-ring (bicyclic) bond motifs is 11. The molecule has 0 spiro atoms. The van der Waals surface area contributed by atoms with Crippen LogP contribution in [0.4, 0.5) is 0 Å². The SMILES string of the molecule is c1ccc(-c2c3c(c(-c4ccccc4)c4ccccc24)-c2ccc(-c4cc5c6cccc7c6c(cc5c5ccccc45)-c4ncccc4-7)c4cccc-3c24)cc1. The molecule has 1 nitrogen and oxygen atoms in total. The molecule has 256 valence electrons. The molecular weight excluding hydrogens is 675 g/mol. The summed E-state index contributed by atoms with van der Waals surface area (Å²) in [7, 11) is 0. The number of pyridine rings is 1. The van der Waals surface area contributed by atoms with E-state index >= 15 is 0 Å². The van der Waals surface area contributed by atoms with Crippen LogP contribution in [-0.4, -0.2) is 4.98 Å². The van der Waals surface area contributed by atoms with Gasteiger partial charge in [-0.3, -0.25) is 4.98 Å². The summed E-state index contributed by atoms with van der Waals surface area (Å²) in [5.41, 5.74) is 17.7. The van der Waals surface area contributed by atoms with Crippen LogP contribution in [0.2, 0.25) is 0 Å². The zero-order valence-corrected chi connectivity index (χ0v) is 30.3. The van der Waals surface area contributed by atoms with Gasteiger partial charge in [0.1, 0.15) is 0 Å². The van der Waals surface area contributed by atoms with E-state index in [-0.39, 0.29) is 0 Å². The molecular formula is C55H31N. The van der Waals surface area contributed by atoms with Crippen molar-refractivity contribution >= 4 is 53.9 Å². The number of nitrogens with zero attached hydrogens (tertiary/aromatic N) is 1. The van der Waals surface area contributed by atoms with E-state index in [9.17, 15) is 0 Å². The van der Waals surface area contributed by atoms with Crippen LogP contribution in [0.25, 0.3) is 132 Å². The molecule has 56 heavy (non-hydrogen) atoms. The number of rotatable bonds is 3. The molecule has 0 atom stereocenters. The fraction of sp³-hybridized carbons (Fsp3) is 0. The fourth-order valence-corrected chi connectivity index (χ4v) is 10.4. The van der Waals surface area contributed by atoms with Gasteiger partial charge < -0.3 is 0 Å². The maximum Gasteiger partial charge on any atom is 0.0787 e. The number of benzene rings is 10. The lowest BCUT2D eigenvalue weighted by molar-refractivity contribution is 1.35. The third kappa shape index (κ3) is 3.86. The smallest absolute Gasteiger partial charge is 0.0787 e. The minimum absolute atomic E-state index is 1.08. The van der Waals surface area contributed by atoms with Gasteiger partial charge in [0.05, 0.1) is 5.69 Å². The maximum absolute atomic E-state index is 4.89. The highest BCUT2D eigenvalue weighted by Gasteiger charge is 2.32. The lowest BCUT2D eigenvalue weighted by Gasteiger charge is -2.20. The third-order valence-corrected chi connectivity index (χ3v) is 12.6. The van der Waals surface area contributed by atoms with Crippen molar-refractivity contribution < 1.29 is 0 Å². The minimum atomic E-state index is 1.08. The number of hydrogen-bond donors (Lipinski definition) is 0. The average molecular weight is 706 g/mol. The molecule has 2 aliphatic rings. The second-order valence-corrected chi connectivity index (χ2v) is 15.3. The van der Waals surface area contributed by atoms with Crippen LogP contribution in [0.1, 0.15) is 0 Å². The van der Waals surface area contributed by atoms with Gasteiger partial charge >= 0.3 is 0 Å². The van der Waals surface area contributed by atoms with Crippen LogP contribution in [-0.2, 0) is 0 Å². The second-order valence-electron chi connectivity index (χ2n) is 15.3. The van der Waals surface area contributed by atoms with Gasteiger partial charge in [-0.2, -0.15) is 0 Å². The first-order chi connectivity index (χ1) is 27.8. The summed E-state index contributed by atoms with van der Waals surface area (Å²) >= 11 is 0. The van der Waals surface area contributed by atoms with Crippen LogP contribution < -0.4 is 0 Å². The van der Waals surface area contributed by atoms with E-state index in [4.69, 9.17) is 4.98 Å². The van der Waals surface area contributed by atoms with Crippen molar-refractivity contribution in [2.24, 2.45) is 0 Å². The largest absolute Gasteiger partial charge is 0.256 e. The summed E-state index contributed by atoms with van der Waals surface area (Å²) in [5.74, 6) is 0. The normalized spacial score (nSPS) is 12.3. The molecule has 1 aromatic heterocycles. The Morgan fingerprint density at radius 3 is 1.46 bits per heavy atom. The summed E-state index contributed by atoms with van der Waals surface area (Å²) in [4.78, 5) is 4.89. The van der Waals surface area contributed by atoms with Crippen molar-refractivity contribution in [2.75, 3.05) is 0 Å². The lowest BCUT2D eigenvalue weighted by atomic mass is 9.82. The van der Waals surface area contributed by atoms with Gasteiger partial charge in [0.2, 0.25) is 0 Å². The standard InChI is InChI=1S/C55H31N/c1-3-14-32(15-4-1)49-38-20-9-10-21-39(38)50(33-16-5-2-6-17-33)54-44-28-27-36(37-22-12-25-43(52(37)44)53(49)54)45-30-47-41-24-11-23-40-42-26-13-29-56-55(42)48(51(40)41)31-46(47)35-19-8-7-18-34(35)45/h1-31H. The fourth-order valence-electron chi connectivity index (χ4n) is 10.4. The average Bonchev–Trinajstić information content (AvgIpc) is 3.77. The zero-order valence-electron chi connectivity index (χ0n) is 30.3. The van der Waals surface area contributed by atoms with Crippen molar-refractivity contribution in [3.63, 3.8) is 0 Å². The molecule has 0 fully saturated rings. The Morgan fingerprint density at radius 2 is 0.750 bits per heavy atom. The van der Waals surface area contributed by atoms with E-state index in [1.54, 1.807) is 0 Å². The highest BCUT2D eigenvalue weighted by Crippen LogP contribution is 2.59. The second kappa shape index (κ2) is 11.1. The minimum Gasteiger partial charge on any atom is -0.256 e. The summed E-state index contributed by atoms with van der Waals surface area (Å²) < 4.78 is 0. The Balaban J connectivity index is 1.15. The molecule has 1 heterocycles. The van der Waals surface area contributed by atoms with Crippen molar-refractivity contribution in [2.45, 2.75) is 0 Å². The molecule has 0 aliphatic heterocycles. The topological polar surface area (TPSA) is 12.9 Å². The molecule has 0 saturated heterocycles. The predicted molar refractivity (Wildman–Crippen MR) is 237 cm³/mol. The molecule has 0 N–H and O–H groups in total. The van der Waals surface area contributed by atoms with Gasteiger partial charge in [-0.05, 0) is 133 Å².